The number of hydrogen-bond acceptors (Lipinski definition) is 6. The van der Waals surface area contributed by atoms with E-state index in [1.807, 2.05) is 42.2 Å². The molecule has 8 nitrogen and oxygen atoms in total. The van der Waals surface area contributed by atoms with Gasteiger partial charge in [-0.05, 0) is 38.3 Å². The third-order valence-electron chi connectivity index (χ3n) is 5.40. The van der Waals surface area contributed by atoms with Crippen LogP contribution in [-0.2, 0) is 20.9 Å². The van der Waals surface area contributed by atoms with E-state index >= 15 is 0 Å². The van der Waals surface area contributed by atoms with Gasteiger partial charge >= 0.3 is 5.97 Å². The first kappa shape index (κ1) is 20.8. The predicted octanol–water partition coefficient (Wildman–Crippen LogP) is 2.31. The van der Waals surface area contributed by atoms with E-state index in [1.54, 1.807) is 11.0 Å². The molecule has 0 spiro atoms. The highest BCUT2D eigenvalue weighted by atomic mass is 16.5. The summed E-state index contributed by atoms with van der Waals surface area (Å²) in [6, 6.07) is 9.56. The molecule has 1 aromatic heterocycles. The molecule has 1 fully saturated rings. The van der Waals surface area contributed by atoms with Crippen LogP contribution in [0.5, 0.6) is 5.75 Å². The van der Waals surface area contributed by atoms with Crippen molar-refractivity contribution in [3.63, 3.8) is 0 Å². The van der Waals surface area contributed by atoms with Gasteiger partial charge in [-0.15, -0.1) is 0 Å². The molecule has 2 heterocycles. The van der Waals surface area contributed by atoms with Crippen LogP contribution in [0.25, 0.3) is 0 Å². The molecular formula is C21H28N4O4. The van der Waals surface area contributed by atoms with Crippen LogP contribution < -0.4 is 4.74 Å². The Morgan fingerprint density at radius 1 is 1.17 bits per heavy atom. The summed E-state index contributed by atoms with van der Waals surface area (Å²) < 4.78 is 12.8. The molecule has 8 heteroatoms. The largest absolute Gasteiger partial charge is 0.494 e. The lowest BCUT2D eigenvalue weighted by molar-refractivity contribution is -0.161. The standard InChI is InChI=1S/C21H28N4O4/c1-2-28-20(27)21(11-15-29-18-6-4-3-5-7-18)9-13-24(14-10-21)19(26)8-12-25-17-22-16-23-25/h3-7,16-17H,2,8-15H2,1H3. The fraction of sp³-hybridized carbons (Fsp3) is 0.524. The molecule has 1 amide bonds. The average molecular weight is 400 g/mol. The number of para-hydroxylation sites is 1. The van der Waals surface area contributed by atoms with Gasteiger partial charge in [0, 0.05) is 19.5 Å². The van der Waals surface area contributed by atoms with Gasteiger partial charge in [0.05, 0.1) is 25.2 Å². The molecular weight excluding hydrogens is 372 g/mol. The molecule has 0 atom stereocenters. The average Bonchev–Trinajstić information content (AvgIpc) is 3.27. The van der Waals surface area contributed by atoms with Gasteiger partial charge in [-0.25, -0.2) is 4.98 Å². The van der Waals surface area contributed by atoms with E-state index in [2.05, 4.69) is 10.1 Å². The monoisotopic (exact) mass is 400 g/mol. The summed E-state index contributed by atoms with van der Waals surface area (Å²) in [4.78, 5) is 31.0. The molecule has 2 aromatic rings. The fourth-order valence-corrected chi connectivity index (χ4v) is 3.62. The van der Waals surface area contributed by atoms with Crippen LogP contribution in [0.3, 0.4) is 0 Å². The van der Waals surface area contributed by atoms with Crippen LogP contribution in [0.15, 0.2) is 43.0 Å². The fourth-order valence-electron chi connectivity index (χ4n) is 3.62. The van der Waals surface area contributed by atoms with E-state index in [4.69, 9.17) is 9.47 Å². The molecule has 1 aliphatic heterocycles. The second kappa shape index (κ2) is 10.0. The molecule has 0 radical (unpaired) electrons. The molecule has 0 unspecified atom stereocenters. The van der Waals surface area contributed by atoms with Crippen LogP contribution >= 0.6 is 0 Å². The number of aromatic nitrogens is 3. The second-order valence-corrected chi connectivity index (χ2v) is 7.20. The molecule has 0 N–H and O–H groups in total. The molecule has 1 aliphatic rings. The number of rotatable bonds is 9. The summed E-state index contributed by atoms with van der Waals surface area (Å²) in [5, 5.41) is 4.02. The second-order valence-electron chi connectivity index (χ2n) is 7.20. The van der Waals surface area contributed by atoms with Crippen LogP contribution in [-0.4, -0.2) is 57.8 Å². The Balaban J connectivity index is 1.54. The lowest BCUT2D eigenvalue weighted by Crippen LogP contribution is -2.48. The van der Waals surface area contributed by atoms with Gasteiger partial charge in [0.15, 0.2) is 0 Å². The summed E-state index contributed by atoms with van der Waals surface area (Å²) in [6.45, 7) is 4.18. The van der Waals surface area contributed by atoms with E-state index in [-0.39, 0.29) is 11.9 Å². The first-order valence-electron chi connectivity index (χ1n) is 10.1. The third kappa shape index (κ3) is 5.56. The minimum absolute atomic E-state index is 0.0681. The smallest absolute Gasteiger partial charge is 0.312 e. The molecule has 0 bridgehead atoms. The van der Waals surface area contributed by atoms with Crippen molar-refractivity contribution < 1.29 is 19.1 Å². The number of carbonyl (C=O) groups is 2. The molecule has 0 aliphatic carbocycles. The lowest BCUT2D eigenvalue weighted by Gasteiger charge is -2.40. The summed E-state index contributed by atoms with van der Waals surface area (Å²) in [5.74, 6) is 0.664. The van der Waals surface area contributed by atoms with E-state index in [0.29, 0.717) is 58.5 Å². The number of aryl methyl sites for hydroxylation is 1. The van der Waals surface area contributed by atoms with Crippen LogP contribution in [0.2, 0.25) is 0 Å². The molecule has 1 aromatic carbocycles. The number of amides is 1. The number of hydrogen-bond donors (Lipinski definition) is 0. The van der Waals surface area contributed by atoms with Gasteiger partial charge in [0.2, 0.25) is 5.91 Å². The van der Waals surface area contributed by atoms with Crippen LogP contribution in [0.1, 0.15) is 32.6 Å². The number of nitrogens with zero attached hydrogens (tertiary/aromatic N) is 4. The number of ether oxygens (including phenoxy) is 2. The zero-order valence-corrected chi connectivity index (χ0v) is 16.8. The Kier molecular flexibility index (Phi) is 7.21. The highest BCUT2D eigenvalue weighted by Crippen LogP contribution is 2.37. The Morgan fingerprint density at radius 2 is 1.93 bits per heavy atom. The summed E-state index contributed by atoms with van der Waals surface area (Å²) in [5.41, 5.74) is -0.604. The van der Waals surface area contributed by atoms with Crippen molar-refractivity contribution in [1.82, 2.24) is 19.7 Å². The Bertz CT molecular complexity index is 771. The maximum Gasteiger partial charge on any atom is 0.312 e. The van der Waals surface area contributed by atoms with Gasteiger partial charge < -0.3 is 14.4 Å². The van der Waals surface area contributed by atoms with Gasteiger partial charge in [-0.1, -0.05) is 18.2 Å². The minimum atomic E-state index is -0.604. The van der Waals surface area contributed by atoms with Crippen molar-refractivity contribution in [2.45, 2.75) is 39.2 Å². The Morgan fingerprint density at radius 3 is 2.59 bits per heavy atom. The van der Waals surface area contributed by atoms with Gasteiger partial charge in [0.1, 0.15) is 18.4 Å². The lowest BCUT2D eigenvalue weighted by atomic mass is 9.75. The van der Waals surface area contributed by atoms with Gasteiger partial charge in [-0.2, -0.15) is 5.10 Å². The van der Waals surface area contributed by atoms with E-state index in [1.165, 1.54) is 6.33 Å². The van der Waals surface area contributed by atoms with Crippen molar-refractivity contribution >= 4 is 11.9 Å². The first-order valence-corrected chi connectivity index (χ1v) is 10.1. The number of esters is 1. The van der Waals surface area contributed by atoms with Gasteiger partial charge in [-0.3, -0.25) is 14.3 Å². The third-order valence-corrected chi connectivity index (χ3v) is 5.40. The van der Waals surface area contributed by atoms with E-state index in [0.717, 1.165) is 5.75 Å². The van der Waals surface area contributed by atoms with Crippen molar-refractivity contribution in [2.75, 3.05) is 26.3 Å². The SMILES string of the molecule is CCOC(=O)C1(CCOc2ccccc2)CCN(C(=O)CCn2cncn2)CC1. The van der Waals surface area contributed by atoms with E-state index < -0.39 is 5.41 Å². The number of piperidine rings is 1. The molecule has 0 saturated carbocycles. The van der Waals surface area contributed by atoms with Gasteiger partial charge in [0.25, 0.3) is 0 Å². The predicted molar refractivity (Wildman–Crippen MR) is 106 cm³/mol. The minimum Gasteiger partial charge on any atom is -0.494 e. The maximum absolute atomic E-state index is 12.7. The normalized spacial score (nSPS) is 15.7. The summed E-state index contributed by atoms with van der Waals surface area (Å²) in [6.07, 6.45) is 5.16. The summed E-state index contributed by atoms with van der Waals surface area (Å²) >= 11 is 0. The molecule has 3 rings (SSSR count). The summed E-state index contributed by atoms with van der Waals surface area (Å²) in [7, 11) is 0. The molecule has 29 heavy (non-hydrogen) atoms. The quantitative estimate of drug-likeness (QED) is 0.601. The number of benzene rings is 1. The maximum atomic E-state index is 12.7. The molecule has 1 saturated heterocycles. The first-order chi connectivity index (χ1) is 14.1. The van der Waals surface area contributed by atoms with Crippen LogP contribution in [0.4, 0.5) is 0 Å². The zero-order valence-electron chi connectivity index (χ0n) is 16.8. The molecule has 156 valence electrons. The van der Waals surface area contributed by atoms with Crippen LogP contribution in [0, 0.1) is 5.41 Å². The van der Waals surface area contributed by atoms with Crippen molar-refractivity contribution in [1.29, 1.82) is 0 Å². The van der Waals surface area contributed by atoms with Crippen molar-refractivity contribution in [3.05, 3.63) is 43.0 Å². The number of likely N-dealkylation sites (tertiary alicyclic amines) is 1. The van der Waals surface area contributed by atoms with Crippen molar-refractivity contribution in [3.8, 4) is 5.75 Å². The zero-order chi connectivity index (χ0) is 20.5. The highest BCUT2D eigenvalue weighted by Gasteiger charge is 2.43. The highest BCUT2D eigenvalue weighted by molar-refractivity contribution is 5.79. The number of carbonyl (C=O) groups excluding carboxylic acids is 2. The topological polar surface area (TPSA) is 86.5 Å². The van der Waals surface area contributed by atoms with E-state index in [9.17, 15) is 9.59 Å². The van der Waals surface area contributed by atoms with Crippen molar-refractivity contribution in [2.24, 2.45) is 5.41 Å². The Hall–Kier alpha value is -2.90. The Labute approximate surface area is 170 Å².